The van der Waals surface area contributed by atoms with E-state index in [-0.39, 0.29) is 10.8 Å². The maximum Gasteiger partial charge on any atom is 0.191 e. The smallest absolute Gasteiger partial charge is 0.191 e. The minimum atomic E-state index is -0.0882. The largest absolute Gasteiger partial charge is 0.506 e. The number of halogens is 2. The molecule has 0 aliphatic heterocycles. The molecule has 2 aromatic rings. The van der Waals surface area contributed by atoms with Crippen LogP contribution in [0.25, 0.3) is 0 Å². The Hall–Kier alpha value is -1.82. The normalized spacial score (nSPS) is 11.0. The highest BCUT2D eigenvalue weighted by Gasteiger charge is 2.06. The Balaban J connectivity index is 1.96. The number of phenolic OH excluding ortho intramolecular Hbond substituents is 1. The predicted octanol–water partition coefficient (Wildman–Crippen LogP) is 5.14. The van der Waals surface area contributed by atoms with Gasteiger partial charge in [-0.1, -0.05) is 49.2 Å². The van der Waals surface area contributed by atoms with E-state index in [0.29, 0.717) is 21.6 Å². The second kappa shape index (κ2) is 8.33. The van der Waals surface area contributed by atoms with Crippen LogP contribution in [0, 0.1) is 0 Å². The first-order chi connectivity index (χ1) is 11.4. The number of phenols is 1. The van der Waals surface area contributed by atoms with Crippen molar-refractivity contribution in [2.75, 3.05) is 5.32 Å². The third kappa shape index (κ3) is 5.09. The molecule has 0 atom stereocenters. The van der Waals surface area contributed by atoms with E-state index >= 15 is 0 Å². The van der Waals surface area contributed by atoms with Crippen molar-refractivity contribution < 1.29 is 5.11 Å². The maximum absolute atomic E-state index is 9.84. The Kier molecular flexibility index (Phi) is 6.43. The van der Waals surface area contributed by atoms with Crippen LogP contribution >= 0.6 is 35.4 Å². The second-order valence-electron chi connectivity index (χ2n) is 5.43. The van der Waals surface area contributed by atoms with Crippen molar-refractivity contribution in [3.63, 3.8) is 0 Å². The topological polar surface area (TPSA) is 56.7 Å². The minimum absolute atomic E-state index is 0.0882. The third-order valence-corrected chi connectivity index (χ3v) is 3.96. The fraction of sp³-hybridized carbons (Fsp3) is 0.176. The Morgan fingerprint density at radius 3 is 2.50 bits per heavy atom. The highest BCUT2D eigenvalue weighted by Crippen LogP contribution is 2.29. The molecule has 0 spiro atoms. The van der Waals surface area contributed by atoms with Gasteiger partial charge >= 0.3 is 0 Å². The van der Waals surface area contributed by atoms with Crippen molar-refractivity contribution in [3.05, 3.63) is 57.6 Å². The molecule has 0 aliphatic carbocycles. The van der Waals surface area contributed by atoms with Crippen molar-refractivity contribution in [3.8, 4) is 5.75 Å². The van der Waals surface area contributed by atoms with Gasteiger partial charge in [0.1, 0.15) is 5.75 Å². The molecule has 0 saturated heterocycles. The minimum Gasteiger partial charge on any atom is -0.506 e. The first kappa shape index (κ1) is 18.5. The van der Waals surface area contributed by atoms with Crippen LogP contribution in [0.4, 0.5) is 5.69 Å². The zero-order chi connectivity index (χ0) is 17.7. The summed E-state index contributed by atoms with van der Waals surface area (Å²) in [6.07, 6.45) is 1.39. The van der Waals surface area contributed by atoms with Gasteiger partial charge < -0.3 is 10.4 Å². The number of rotatable bonds is 4. The summed E-state index contributed by atoms with van der Waals surface area (Å²) in [7, 11) is 0. The van der Waals surface area contributed by atoms with E-state index in [1.165, 1.54) is 17.8 Å². The number of nitrogens with zero attached hydrogens (tertiary/aromatic N) is 1. The van der Waals surface area contributed by atoms with Gasteiger partial charge in [-0.3, -0.25) is 5.43 Å². The number of hydrazone groups is 1. The molecule has 0 bridgehead atoms. The van der Waals surface area contributed by atoms with Crippen molar-refractivity contribution in [2.24, 2.45) is 5.10 Å². The lowest BCUT2D eigenvalue weighted by Crippen LogP contribution is -2.23. The molecule has 4 nitrogen and oxygen atoms in total. The first-order valence-electron chi connectivity index (χ1n) is 7.25. The molecule has 0 radical (unpaired) electrons. The lowest BCUT2D eigenvalue weighted by Gasteiger charge is -2.09. The van der Waals surface area contributed by atoms with Gasteiger partial charge in [-0.2, -0.15) is 5.10 Å². The summed E-state index contributed by atoms with van der Waals surface area (Å²) in [6, 6.07) is 11.0. The van der Waals surface area contributed by atoms with E-state index in [2.05, 4.69) is 29.7 Å². The molecule has 7 heteroatoms. The van der Waals surface area contributed by atoms with Crippen molar-refractivity contribution in [2.45, 2.75) is 19.8 Å². The van der Waals surface area contributed by atoms with E-state index in [0.717, 1.165) is 5.69 Å². The lowest BCUT2D eigenvalue weighted by atomic mass is 10.0. The van der Waals surface area contributed by atoms with Crippen molar-refractivity contribution >= 4 is 52.4 Å². The summed E-state index contributed by atoms with van der Waals surface area (Å²) in [5.41, 5.74) is 5.19. The number of thiocarbonyl (C=S) groups is 1. The molecule has 3 N–H and O–H groups in total. The van der Waals surface area contributed by atoms with Crippen LogP contribution in [0.3, 0.4) is 0 Å². The standard InChI is InChI=1S/C17H17Cl2N3OS/c1-10(2)11-3-5-14(6-4-11)21-17(24)22-20-9-12-7-13(18)8-15(19)16(12)23/h3-10,23H,1-2H3,(H2,21,22,24)/b20-9+. The highest BCUT2D eigenvalue weighted by atomic mass is 35.5. The molecular weight excluding hydrogens is 365 g/mol. The summed E-state index contributed by atoms with van der Waals surface area (Å²) in [4.78, 5) is 0. The van der Waals surface area contributed by atoms with Gasteiger partial charge in [0.15, 0.2) is 5.11 Å². The molecule has 0 amide bonds. The van der Waals surface area contributed by atoms with Crippen LogP contribution in [-0.4, -0.2) is 16.4 Å². The average Bonchev–Trinajstić information content (AvgIpc) is 2.52. The van der Waals surface area contributed by atoms with E-state index in [9.17, 15) is 5.11 Å². The zero-order valence-corrected chi connectivity index (χ0v) is 15.5. The molecular formula is C17H17Cl2N3OS. The Bertz CT molecular complexity index is 761. The number of benzene rings is 2. The number of hydrogen-bond donors (Lipinski definition) is 3. The molecule has 0 heterocycles. The van der Waals surface area contributed by atoms with Gasteiger partial charge in [-0.25, -0.2) is 0 Å². The van der Waals surface area contributed by atoms with Gasteiger partial charge in [-0.15, -0.1) is 0 Å². The third-order valence-electron chi connectivity index (χ3n) is 3.26. The number of aromatic hydroxyl groups is 1. The van der Waals surface area contributed by atoms with Crippen LogP contribution in [0.1, 0.15) is 30.9 Å². The Labute approximate surface area is 156 Å². The molecule has 0 unspecified atom stereocenters. The molecule has 0 saturated carbocycles. The summed E-state index contributed by atoms with van der Waals surface area (Å²) in [5.74, 6) is 0.390. The molecule has 0 aliphatic rings. The lowest BCUT2D eigenvalue weighted by molar-refractivity contribution is 0.474. The fourth-order valence-electron chi connectivity index (χ4n) is 1.96. The Morgan fingerprint density at radius 2 is 1.88 bits per heavy atom. The average molecular weight is 382 g/mol. The van der Waals surface area contributed by atoms with E-state index in [1.807, 2.05) is 24.3 Å². The molecule has 2 rings (SSSR count). The van der Waals surface area contributed by atoms with Crippen LogP contribution in [0.15, 0.2) is 41.5 Å². The molecule has 2 aromatic carbocycles. The molecule has 0 aromatic heterocycles. The van der Waals surface area contributed by atoms with Gasteiger partial charge in [-0.05, 0) is 48.0 Å². The number of anilines is 1. The van der Waals surface area contributed by atoms with Crippen LogP contribution in [0.2, 0.25) is 10.0 Å². The quantitative estimate of drug-likeness (QED) is 0.389. The summed E-state index contributed by atoms with van der Waals surface area (Å²) in [5, 5.41) is 17.7. The fourth-order valence-corrected chi connectivity index (χ4v) is 2.63. The van der Waals surface area contributed by atoms with E-state index in [1.54, 1.807) is 6.07 Å². The summed E-state index contributed by atoms with van der Waals surface area (Å²) >= 11 is 16.9. The second-order valence-corrected chi connectivity index (χ2v) is 6.68. The van der Waals surface area contributed by atoms with Crippen LogP contribution < -0.4 is 10.7 Å². The van der Waals surface area contributed by atoms with Crippen molar-refractivity contribution in [1.29, 1.82) is 0 Å². The van der Waals surface area contributed by atoms with Gasteiger partial charge in [0.2, 0.25) is 0 Å². The SMILES string of the molecule is CC(C)c1ccc(NC(=S)N/N=C/c2cc(Cl)cc(Cl)c2O)cc1. The van der Waals surface area contributed by atoms with Gasteiger partial charge in [0, 0.05) is 16.3 Å². The van der Waals surface area contributed by atoms with Gasteiger partial charge in [0.05, 0.1) is 11.2 Å². The van der Waals surface area contributed by atoms with Crippen LogP contribution in [-0.2, 0) is 0 Å². The molecule has 24 heavy (non-hydrogen) atoms. The van der Waals surface area contributed by atoms with E-state index in [4.69, 9.17) is 35.4 Å². The van der Waals surface area contributed by atoms with Crippen LogP contribution in [0.5, 0.6) is 5.75 Å². The summed E-state index contributed by atoms with van der Waals surface area (Å²) < 4.78 is 0. The van der Waals surface area contributed by atoms with Gasteiger partial charge in [0.25, 0.3) is 0 Å². The number of nitrogens with one attached hydrogen (secondary N) is 2. The molecule has 0 fully saturated rings. The molecule has 126 valence electrons. The maximum atomic E-state index is 9.84. The number of hydrogen-bond acceptors (Lipinski definition) is 3. The zero-order valence-electron chi connectivity index (χ0n) is 13.2. The predicted molar refractivity (Wildman–Crippen MR) is 106 cm³/mol. The summed E-state index contributed by atoms with van der Waals surface area (Å²) in [6.45, 7) is 4.28. The highest BCUT2D eigenvalue weighted by molar-refractivity contribution is 7.80. The monoisotopic (exact) mass is 381 g/mol. The Morgan fingerprint density at radius 1 is 1.21 bits per heavy atom. The van der Waals surface area contributed by atoms with Crippen molar-refractivity contribution in [1.82, 2.24) is 5.43 Å². The van der Waals surface area contributed by atoms with E-state index < -0.39 is 0 Å². The first-order valence-corrected chi connectivity index (χ1v) is 8.41.